The van der Waals surface area contributed by atoms with Crippen molar-refractivity contribution in [3.63, 3.8) is 0 Å². The summed E-state index contributed by atoms with van der Waals surface area (Å²) < 4.78 is 31.6. The molecule has 0 aromatic rings. The van der Waals surface area contributed by atoms with Crippen LogP contribution in [0.3, 0.4) is 0 Å². The minimum atomic E-state index is -3.12. The van der Waals surface area contributed by atoms with Gasteiger partial charge in [-0.05, 0) is 39.7 Å². The Balaban J connectivity index is 2.09. The maximum atomic E-state index is 11.8. The van der Waals surface area contributed by atoms with Crippen LogP contribution in [0.25, 0.3) is 0 Å². The lowest BCUT2D eigenvalue weighted by molar-refractivity contribution is 0.0762. The molecule has 1 unspecified atom stereocenters. The third-order valence-corrected chi connectivity index (χ3v) is 4.67. The molecule has 102 valence electrons. The maximum Gasteiger partial charge on any atom is 0.215 e. The van der Waals surface area contributed by atoms with Gasteiger partial charge in [-0.15, -0.1) is 0 Å². The molecular formula is C11H24N2O3S. The Kier molecular flexibility index (Phi) is 6.40. The number of rotatable bonds is 8. The summed E-state index contributed by atoms with van der Waals surface area (Å²) >= 11 is 0. The van der Waals surface area contributed by atoms with Crippen molar-refractivity contribution >= 4 is 10.0 Å². The van der Waals surface area contributed by atoms with Crippen molar-refractivity contribution in [2.45, 2.75) is 44.5 Å². The van der Waals surface area contributed by atoms with Gasteiger partial charge in [-0.2, -0.15) is 0 Å². The molecule has 1 fully saturated rings. The largest absolute Gasteiger partial charge is 0.379 e. The van der Waals surface area contributed by atoms with E-state index in [9.17, 15) is 8.42 Å². The third kappa shape index (κ3) is 5.81. The summed E-state index contributed by atoms with van der Waals surface area (Å²) in [4.78, 5) is 0. The molecule has 0 bridgehead atoms. The summed E-state index contributed by atoms with van der Waals surface area (Å²) in [5.41, 5.74) is 0. The van der Waals surface area contributed by atoms with Crippen molar-refractivity contribution in [3.8, 4) is 0 Å². The quantitative estimate of drug-likeness (QED) is 0.626. The van der Waals surface area contributed by atoms with Crippen LogP contribution in [0.1, 0.15) is 33.1 Å². The van der Waals surface area contributed by atoms with Gasteiger partial charge in [0.2, 0.25) is 10.0 Å². The topological polar surface area (TPSA) is 67.4 Å². The maximum absolute atomic E-state index is 11.8. The van der Waals surface area contributed by atoms with E-state index in [1.54, 1.807) is 0 Å². The molecule has 0 aromatic heterocycles. The second-order valence-corrected chi connectivity index (χ2v) is 6.73. The van der Waals surface area contributed by atoms with E-state index in [0.29, 0.717) is 26.1 Å². The van der Waals surface area contributed by atoms with Gasteiger partial charge in [-0.1, -0.05) is 0 Å². The standard InChI is InChI=1S/C11H24N2O3S/c1-10(2)16-8-4-3-6-13-17(14,15)11-5-7-12-9-11/h10-13H,3-9H2,1-2H3. The minimum Gasteiger partial charge on any atom is -0.379 e. The van der Waals surface area contributed by atoms with Crippen LogP contribution in [0.5, 0.6) is 0 Å². The average molecular weight is 264 g/mol. The van der Waals surface area contributed by atoms with Crippen LogP contribution in [-0.4, -0.2) is 46.0 Å². The molecule has 1 saturated heterocycles. The van der Waals surface area contributed by atoms with E-state index in [4.69, 9.17) is 4.74 Å². The van der Waals surface area contributed by atoms with Crippen molar-refractivity contribution in [1.29, 1.82) is 0 Å². The zero-order valence-corrected chi connectivity index (χ0v) is 11.6. The molecule has 1 heterocycles. The first-order valence-corrected chi connectivity index (χ1v) is 7.88. The van der Waals surface area contributed by atoms with Gasteiger partial charge in [-0.25, -0.2) is 13.1 Å². The summed E-state index contributed by atoms with van der Waals surface area (Å²) in [5, 5.41) is 2.81. The highest BCUT2D eigenvalue weighted by atomic mass is 32.2. The van der Waals surface area contributed by atoms with E-state index in [-0.39, 0.29) is 11.4 Å². The molecule has 17 heavy (non-hydrogen) atoms. The number of nitrogens with one attached hydrogen (secondary N) is 2. The van der Waals surface area contributed by atoms with Crippen LogP contribution in [0.2, 0.25) is 0 Å². The Bertz CT molecular complexity index is 298. The Morgan fingerprint density at radius 1 is 1.41 bits per heavy atom. The molecule has 1 aliphatic rings. The number of ether oxygens (including phenoxy) is 1. The molecule has 1 aliphatic heterocycles. The van der Waals surface area contributed by atoms with E-state index in [0.717, 1.165) is 19.4 Å². The first-order chi connectivity index (χ1) is 8.02. The van der Waals surface area contributed by atoms with E-state index in [2.05, 4.69) is 10.0 Å². The van der Waals surface area contributed by atoms with E-state index in [1.165, 1.54) is 0 Å². The fourth-order valence-electron chi connectivity index (χ4n) is 1.77. The number of hydrogen-bond acceptors (Lipinski definition) is 4. The predicted octanol–water partition coefficient (Wildman–Crippen LogP) is 0.473. The van der Waals surface area contributed by atoms with Crippen LogP contribution in [0.4, 0.5) is 0 Å². The van der Waals surface area contributed by atoms with Crippen LogP contribution in [0, 0.1) is 0 Å². The van der Waals surface area contributed by atoms with Crippen LogP contribution < -0.4 is 10.0 Å². The van der Waals surface area contributed by atoms with Crippen LogP contribution in [0.15, 0.2) is 0 Å². The molecule has 0 spiro atoms. The molecule has 1 rings (SSSR count). The van der Waals surface area contributed by atoms with Crippen molar-refractivity contribution < 1.29 is 13.2 Å². The molecule has 2 N–H and O–H groups in total. The zero-order valence-electron chi connectivity index (χ0n) is 10.7. The van der Waals surface area contributed by atoms with Crippen molar-refractivity contribution in [3.05, 3.63) is 0 Å². The van der Waals surface area contributed by atoms with Crippen molar-refractivity contribution in [2.24, 2.45) is 0 Å². The van der Waals surface area contributed by atoms with Gasteiger partial charge in [0, 0.05) is 19.7 Å². The lowest BCUT2D eigenvalue weighted by Gasteiger charge is -2.12. The molecule has 5 nitrogen and oxygen atoms in total. The van der Waals surface area contributed by atoms with Crippen LogP contribution in [-0.2, 0) is 14.8 Å². The van der Waals surface area contributed by atoms with Gasteiger partial charge in [0.25, 0.3) is 0 Å². The second kappa shape index (κ2) is 7.31. The predicted molar refractivity (Wildman–Crippen MR) is 68.5 cm³/mol. The molecule has 6 heteroatoms. The van der Waals surface area contributed by atoms with Gasteiger partial charge in [-0.3, -0.25) is 0 Å². The summed E-state index contributed by atoms with van der Waals surface area (Å²) in [5.74, 6) is 0. The Labute approximate surface area is 104 Å². The number of sulfonamides is 1. The normalized spacial score (nSPS) is 21.2. The lowest BCUT2D eigenvalue weighted by atomic mass is 10.3. The van der Waals surface area contributed by atoms with Crippen molar-refractivity contribution in [2.75, 3.05) is 26.2 Å². The second-order valence-electron chi connectivity index (χ2n) is 4.68. The lowest BCUT2D eigenvalue weighted by Crippen LogP contribution is -2.36. The molecule has 1 atom stereocenters. The van der Waals surface area contributed by atoms with Gasteiger partial charge in [0.15, 0.2) is 0 Å². The van der Waals surface area contributed by atoms with Crippen molar-refractivity contribution in [1.82, 2.24) is 10.0 Å². The Morgan fingerprint density at radius 3 is 2.76 bits per heavy atom. The minimum absolute atomic E-state index is 0.247. The first kappa shape index (κ1) is 14.9. The third-order valence-electron chi connectivity index (χ3n) is 2.78. The monoisotopic (exact) mass is 264 g/mol. The number of hydrogen-bond donors (Lipinski definition) is 2. The summed E-state index contributed by atoms with van der Waals surface area (Å²) in [7, 11) is -3.12. The number of unbranched alkanes of at least 4 members (excludes halogenated alkanes) is 1. The SMILES string of the molecule is CC(C)OCCCCNS(=O)(=O)C1CCNC1. The molecule has 0 aliphatic carbocycles. The Hall–Kier alpha value is -0.170. The van der Waals surface area contributed by atoms with Gasteiger partial charge >= 0.3 is 0 Å². The summed E-state index contributed by atoms with van der Waals surface area (Å²) in [6, 6.07) is 0. The van der Waals surface area contributed by atoms with Gasteiger partial charge in [0.05, 0.1) is 11.4 Å². The molecule has 0 amide bonds. The fraction of sp³-hybridized carbons (Fsp3) is 1.00. The highest BCUT2D eigenvalue weighted by Gasteiger charge is 2.27. The van der Waals surface area contributed by atoms with Gasteiger partial charge < -0.3 is 10.1 Å². The van der Waals surface area contributed by atoms with E-state index < -0.39 is 10.0 Å². The van der Waals surface area contributed by atoms with Gasteiger partial charge in [0.1, 0.15) is 0 Å². The molecular weight excluding hydrogens is 240 g/mol. The Morgan fingerprint density at radius 2 is 2.18 bits per heavy atom. The zero-order chi connectivity index (χ0) is 12.7. The van der Waals surface area contributed by atoms with E-state index >= 15 is 0 Å². The molecule has 0 radical (unpaired) electrons. The molecule has 0 saturated carbocycles. The van der Waals surface area contributed by atoms with Crippen LogP contribution >= 0.6 is 0 Å². The fourth-order valence-corrected chi connectivity index (χ4v) is 3.20. The summed E-state index contributed by atoms with van der Waals surface area (Å²) in [6.45, 7) is 6.58. The summed E-state index contributed by atoms with van der Waals surface area (Å²) in [6.07, 6.45) is 2.68. The highest BCUT2D eigenvalue weighted by molar-refractivity contribution is 7.90. The van der Waals surface area contributed by atoms with E-state index in [1.807, 2.05) is 13.8 Å². The average Bonchev–Trinajstić information content (AvgIpc) is 2.76. The first-order valence-electron chi connectivity index (χ1n) is 6.33. The molecule has 0 aromatic carbocycles. The smallest absolute Gasteiger partial charge is 0.215 e. The highest BCUT2D eigenvalue weighted by Crippen LogP contribution is 2.08.